The molecule has 0 aliphatic rings. The van der Waals surface area contributed by atoms with Gasteiger partial charge in [-0.2, -0.15) is 0 Å². The van der Waals surface area contributed by atoms with E-state index in [-0.39, 0.29) is 0 Å². The third kappa shape index (κ3) is 3.32. The lowest BCUT2D eigenvalue weighted by Crippen LogP contribution is -2.10. The largest absolute Gasteiger partial charge is 0.496 e. The van der Waals surface area contributed by atoms with Crippen LogP contribution < -0.4 is 10.5 Å². The topological polar surface area (TPSA) is 72.5 Å². The van der Waals surface area contributed by atoms with E-state index in [2.05, 4.69) is 0 Å². The zero-order chi connectivity index (χ0) is 13.0. The molecule has 0 spiro atoms. The Morgan fingerprint density at radius 3 is 2.53 bits per heavy atom. The smallest absolute Gasteiger partial charge is 0.328 e. The number of hydrogen-bond acceptors (Lipinski definition) is 3. The van der Waals surface area contributed by atoms with E-state index in [0.717, 1.165) is 22.8 Å². The van der Waals surface area contributed by atoms with E-state index in [1.807, 2.05) is 26.0 Å². The van der Waals surface area contributed by atoms with Gasteiger partial charge in [0.15, 0.2) is 0 Å². The van der Waals surface area contributed by atoms with Crippen LogP contribution in [-0.2, 0) is 4.79 Å². The Hall–Kier alpha value is -1.81. The zero-order valence-corrected chi connectivity index (χ0v) is 10.2. The monoisotopic (exact) mass is 235 g/mol. The maximum atomic E-state index is 10.4. The fourth-order valence-corrected chi connectivity index (χ4v) is 1.54. The molecule has 3 N–H and O–H groups in total. The molecular formula is C13H17NO3. The van der Waals surface area contributed by atoms with E-state index >= 15 is 0 Å². The summed E-state index contributed by atoms with van der Waals surface area (Å²) in [6, 6.07) is 3.34. The summed E-state index contributed by atoms with van der Waals surface area (Å²) in [5.41, 5.74) is 8.90. The van der Waals surface area contributed by atoms with Gasteiger partial charge in [0.05, 0.1) is 13.2 Å². The molecule has 0 heterocycles. The normalized spacial score (nSPS) is 12.7. The Kier molecular flexibility index (Phi) is 4.29. The highest BCUT2D eigenvalue weighted by Gasteiger charge is 2.11. The molecule has 0 saturated carbocycles. The van der Waals surface area contributed by atoms with Gasteiger partial charge in [0.2, 0.25) is 0 Å². The number of aliphatic carboxylic acids is 1. The number of nitrogens with two attached hydrogens (primary N) is 1. The van der Waals surface area contributed by atoms with Crippen molar-refractivity contribution in [1.82, 2.24) is 0 Å². The van der Waals surface area contributed by atoms with Gasteiger partial charge in [0, 0.05) is 11.6 Å². The molecule has 0 saturated heterocycles. The number of benzene rings is 1. The number of ether oxygens (including phenoxy) is 1. The van der Waals surface area contributed by atoms with Crippen LogP contribution in [0, 0.1) is 13.8 Å². The first-order valence-corrected chi connectivity index (χ1v) is 5.27. The third-order valence-corrected chi connectivity index (χ3v) is 2.65. The summed E-state index contributed by atoms with van der Waals surface area (Å²) in [4.78, 5) is 10.4. The molecule has 4 nitrogen and oxygen atoms in total. The first-order valence-electron chi connectivity index (χ1n) is 5.27. The van der Waals surface area contributed by atoms with Crippen molar-refractivity contribution in [2.75, 3.05) is 7.11 Å². The van der Waals surface area contributed by atoms with Gasteiger partial charge in [0.1, 0.15) is 5.75 Å². The molecule has 0 bridgehead atoms. The van der Waals surface area contributed by atoms with Crippen LogP contribution in [0.1, 0.15) is 22.7 Å². The van der Waals surface area contributed by atoms with Crippen LogP contribution in [0.5, 0.6) is 5.75 Å². The number of aryl methyl sites for hydroxylation is 2. The fraction of sp³-hybridized carbons (Fsp3) is 0.308. The summed E-state index contributed by atoms with van der Waals surface area (Å²) in [6.07, 6.45) is 2.48. The van der Waals surface area contributed by atoms with Gasteiger partial charge in [-0.1, -0.05) is 12.1 Å². The molecule has 4 heteroatoms. The van der Waals surface area contributed by atoms with Gasteiger partial charge in [0.25, 0.3) is 0 Å². The number of carboxylic acids is 1. The maximum Gasteiger partial charge on any atom is 0.328 e. The standard InChI is InChI=1S/C13H17NO3/c1-8-6-10(11(14)4-5-13(15)16)12(17-3)7-9(8)2/h4-7,11H,14H2,1-3H3,(H,15,16)/b5-4+. The van der Waals surface area contributed by atoms with Crippen molar-refractivity contribution in [3.8, 4) is 5.75 Å². The van der Waals surface area contributed by atoms with Crippen molar-refractivity contribution in [1.29, 1.82) is 0 Å². The maximum absolute atomic E-state index is 10.4. The van der Waals surface area contributed by atoms with Crippen molar-refractivity contribution in [3.63, 3.8) is 0 Å². The summed E-state index contributed by atoms with van der Waals surface area (Å²) in [5.74, 6) is -0.334. The Morgan fingerprint density at radius 1 is 1.41 bits per heavy atom. The molecule has 0 amide bonds. The molecular weight excluding hydrogens is 218 g/mol. The third-order valence-electron chi connectivity index (χ3n) is 2.65. The second-order valence-corrected chi connectivity index (χ2v) is 3.90. The van der Waals surface area contributed by atoms with Crippen molar-refractivity contribution < 1.29 is 14.6 Å². The first kappa shape index (κ1) is 13.3. The second-order valence-electron chi connectivity index (χ2n) is 3.90. The summed E-state index contributed by atoms with van der Waals surface area (Å²) in [6.45, 7) is 3.96. The average molecular weight is 235 g/mol. The van der Waals surface area contributed by atoms with Gasteiger partial charge < -0.3 is 15.6 Å². The molecule has 17 heavy (non-hydrogen) atoms. The number of hydrogen-bond donors (Lipinski definition) is 2. The Labute approximate surface area is 101 Å². The van der Waals surface area contributed by atoms with Crippen molar-refractivity contribution in [3.05, 3.63) is 41.0 Å². The van der Waals surface area contributed by atoms with Crippen LogP contribution in [0.4, 0.5) is 0 Å². The number of carbonyl (C=O) groups is 1. The fourth-order valence-electron chi connectivity index (χ4n) is 1.54. The van der Waals surface area contributed by atoms with Crippen molar-refractivity contribution in [2.45, 2.75) is 19.9 Å². The lowest BCUT2D eigenvalue weighted by Gasteiger charge is -2.15. The summed E-state index contributed by atoms with van der Waals surface area (Å²) in [5, 5.41) is 8.56. The predicted octanol–water partition coefficient (Wildman–Crippen LogP) is 1.95. The van der Waals surface area contributed by atoms with Crippen molar-refractivity contribution in [2.24, 2.45) is 5.73 Å². The molecule has 1 aromatic rings. The lowest BCUT2D eigenvalue weighted by atomic mass is 10.00. The van der Waals surface area contributed by atoms with E-state index in [0.29, 0.717) is 5.75 Å². The van der Waals surface area contributed by atoms with Gasteiger partial charge >= 0.3 is 5.97 Å². The summed E-state index contributed by atoms with van der Waals surface area (Å²) < 4.78 is 5.25. The van der Waals surface area contributed by atoms with Gasteiger partial charge in [-0.15, -0.1) is 0 Å². The van der Waals surface area contributed by atoms with E-state index in [1.54, 1.807) is 7.11 Å². The second kappa shape index (κ2) is 5.50. The molecule has 1 unspecified atom stereocenters. The Morgan fingerprint density at radius 2 is 2.00 bits per heavy atom. The van der Waals surface area contributed by atoms with Gasteiger partial charge in [-0.05, 0) is 31.0 Å². The van der Waals surface area contributed by atoms with Gasteiger partial charge in [-0.3, -0.25) is 0 Å². The average Bonchev–Trinajstić information content (AvgIpc) is 2.28. The molecule has 0 radical (unpaired) electrons. The van der Waals surface area contributed by atoms with E-state index in [1.165, 1.54) is 6.08 Å². The first-order chi connectivity index (χ1) is 7.95. The van der Waals surface area contributed by atoms with Crippen LogP contribution in [0.25, 0.3) is 0 Å². The summed E-state index contributed by atoms with van der Waals surface area (Å²) in [7, 11) is 1.57. The quantitative estimate of drug-likeness (QED) is 0.782. The molecule has 0 aliphatic heterocycles. The van der Waals surface area contributed by atoms with Crippen LogP contribution in [0.2, 0.25) is 0 Å². The minimum atomic E-state index is -1.01. The lowest BCUT2D eigenvalue weighted by molar-refractivity contribution is -0.131. The number of carboxylic acid groups (broad SMARTS) is 1. The minimum Gasteiger partial charge on any atom is -0.496 e. The highest BCUT2D eigenvalue weighted by atomic mass is 16.5. The van der Waals surface area contributed by atoms with Crippen LogP contribution >= 0.6 is 0 Å². The van der Waals surface area contributed by atoms with Crippen LogP contribution in [0.3, 0.4) is 0 Å². The minimum absolute atomic E-state index is 0.486. The van der Waals surface area contributed by atoms with Gasteiger partial charge in [-0.25, -0.2) is 4.79 Å². The predicted molar refractivity (Wildman–Crippen MR) is 66.2 cm³/mol. The molecule has 1 rings (SSSR count). The molecule has 1 atom stereocenters. The molecule has 92 valence electrons. The SMILES string of the molecule is COc1cc(C)c(C)cc1C(N)/C=C/C(=O)O. The highest BCUT2D eigenvalue weighted by Crippen LogP contribution is 2.27. The highest BCUT2D eigenvalue weighted by molar-refractivity contribution is 5.79. The summed E-state index contributed by atoms with van der Waals surface area (Å²) >= 11 is 0. The van der Waals surface area contributed by atoms with E-state index in [9.17, 15) is 4.79 Å². The number of rotatable bonds is 4. The Balaban J connectivity index is 3.11. The molecule has 0 aliphatic carbocycles. The van der Waals surface area contributed by atoms with Crippen molar-refractivity contribution >= 4 is 5.97 Å². The molecule has 0 aromatic heterocycles. The van der Waals surface area contributed by atoms with E-state index < -0.39 is 12.0 Å². The van der Waals surface area contributed by atoms with Crippen LogP contribution in [0.15, 0.2) is 24.3 Å². The van der Waals surface area contributed by atoms with Crippen LogP contribution in [-0.4, -0.2) is 18.2 Å². The molecule has 0 fully saturated rings. The molecule has 1 aromatic carbocycles. The Bertz CT molecular complexity index is 452. The number of methoxy groups -OCH3 is 1. The van der Waals surface area contributed by atoms with E-state index in [4.69, 9.17) is 15.6 Å². The zero-order valence-electron chi connectivity index (χ0n) is 10.2.